The zero-order chi connectivity index (χ0) is 10.3. The van der Waals surface area contributed by atoms with E-state index in [2.05, 4.69) is 20.9 Å². The van der Waals surface area contributed by atoms with Crippen molar-refractivity contribution < 1.29 is 8.78 Å². The summed E-state index contributed by atoms with van der Waals surface area (Å²) in [4.78, 5) is 3.84. The first-order valence-electron chi connectivity index (χ1n) is 3.68. The van der Waals surface area contributed by atoms with Gasteiger partial charge >= 0.3 is 0 Å². The molecule has 2 rings (SSSR count). The maximum atomic E-state index is 13.2. The maximum absolute atomic E-state index is 13.2. The monoisotopic (exact) mass is 277 g/mol. The SMILES string of the molecule is Fc1cc(F)c2cc(Cl)cnc2c1Br. The second-order valence-corrected chi connectivity index (χ2v) is 3.93. The van der Waals surface area contributed by atoms with Crippen LogP contribution < -0.4 is 0 Å². The van der Waals surface area contributed by atoms with Gasteiger partial charge in [-0.25, -0.2) is 8.78 Å². The predicted octanol–water partition coefficient (Wildman–Crippen LogP) is 3.93. The molecule has 14 heavy (non-hydrogen) atoms. The summed E-state index contributed by atoms with van der Waals surface area (Å²) < 4.78 is 26.4. The molecular weight excluding hydrogens is 275 g/mol. The largest absolute Gasteiger partial charge is 0.253 e. The molecule has 0 fully saturated rings. The van der Waals surface area contributed by atoms with Crippen LogP contribution in [0.5, 0.6) is 0 Å². The highest BCUT2D eigenvalue weighted by Crippen LogP contribution is 2.28. The van der Waals surface area contributed by atoms with E-state index in [4.69, 9.17) is 11.6 Å². The van der Waals surface area contributed by atoms with Gasteiger partial charge in [-0.05, 0) is 22.0 Å². The van der Waals surface area contributed by atoms with Crippen molar-refractivity contribution in [2.45, 2.75) is 0 Å². The van der Waals surface area contributed by atoms with Crippen LogP contribution in [-0.4, -0.2) is 4.98 Å². The number of aromatic nitrogens is 1. The average Bonchev–Trinajstić information content (AvgIpc) is 2.14. The number of nitrogens with zero attached hydrogens (tertiary/aromatic N) is 1. The molecule has 0 aliphatic carbocycles. The van der Waals surface area contributed by atoms with Gasteiger partial charge in [-0.15, -0.1) is 0 Å². The highest BCUT2D eigenvalue weighted by atomic mass is 79.9. The summed E-state index contributed by atoms with van der Waals surface area (Å²) in [7, 11) is 0. The summed E-state index contributed by atoms with van der Waals surface area (Å²) in [5, 5.41) is 0.515. The minimum Gasteiger partial charge on any atom is -0.253 e. The third-order valence-electron chi connectivity index (χ3n) is 1.78. The van der Waals surface area contributed by atoms with E-state index >= 15 is 0 Å². The topological polar surface area (TPSA) is 12.9 Å². The van der Waals surface area contributed by atoms with Crippen molar-refractivity contribution in [3.8, 4) is 0 Å². The highest BCUT2D eigenvalue weighted by Gasteiger charge is 2.11. The lowest BCUT2D eigenvalue weighted by Gasteiger charge is -2.02. The Hall–Kier alpha value is -0.740. The molecule has 1 heterocycles. The van der Waals surface area contributed by atoms with Crippen molar-refractivity contribution in [1.29, 1.82) is 0 Å². The Kier molecular flexibility index (Phi) is 2.41. The molecule has 72 valence electrons. The lowest BCUT2D eigenvalue weighted by Crippen LogP contribution is -1.89. The summed E-state index contributed by atoms with van der Waals surface area (Å²) in [6.45, 7) is 0. The molecule has 0 atom stereocenters. The zero-order valence-electron chi connectivity index (χ0n) is 6.69. The lowest BCUT2D eigenvalue weighted by atomic mass is 10.2. The smallest absolute Gasteiger partial charge is 0.142 e. The molecule has 0 saturated carbocycles. The number of benzene rings is 1. The minimum atomic E-state index is -0.676. The standard InChI is InChI=1S/C9H3BrClF2N/c10-8-7(13)2-6(12)5-1-4(11)3-14-9(5)8/h1-3H. The number of halogens is 4. The summed E-state index contributed by atoms with van der Waals surface area (Å²) >= 11 is 8.64. The van der Waals surface area contributed by atoms with E-state index in [1.165, 1.54) is 12.3 Å². The fraction of sp³-hybridized carbons (Fsp3) is 0. The third-order valence-corrected chi connectivity index (χ3v) is 2.74. The van der Waals surface area contributed by atoms with Crippen LogP contribution in [-0.2, 0) is 0 Å². The number of pyridine rings is 1. The first kappa shape index (κ1) is 9.80. The molecule has 5 heteroatoms. The van der Waals surface area contributed by atoms with Gasteiger partial charge in [-0.3, -0.25) is 4.98 Å². The van der Waals surface area contributed by atoms with Gasteiger partial charge in [0.25, 0.3) is 0 Å². The van der Waals surface area contributed by atoms with E-state index in [0.717, 1.165) is 6.07 Å². The summed E-state index contributed by atoms with van der Waals surface area (Å²) in [6, 6.07) is 2.20. The zero-order valence-corrected chi connectivity index (χ0v) is 9.03. The number of rotatable bonds is 0. The summed E-state index contributed by atoms with van der Waals surface area (Å²) in [5.74, 6) is -1.35. The Bertz CT molecular complexity index is 516. The molecule has 1 aromatic carbocycles. The molecule has 0 N–H and O–H groups in total. The van der Waals surface area contributed by atoms with Crippen molar-refractivity contribution in [3.05, 3.63) is 39.5 Å². The predicted molar refractivity (Wildman–Crippen MR) is 54.4 cm³/mol. The molecule has 0 spiro atoms. The molecule has 1 aromatic heterocycles. The minimum absolute atomic E-state index is 0.144. The summed E-state index contributed by atoms with van der Waals surface area (Å²) in [5.41, 5.74) is 0.229. The first-order chi connectivity index (χ1) is 6.59. The second-order valence-electron chi connectivity index (χ2n) is 2.70. The van der Waals surface area contributed by atoms with E-state index in [1.807, 2.05) is 0 Å². The highest BCUT2D eigenvalue weighted by molar-refractivity contribution is 9.10. The van der Waals surface area contributed by atoms with Crippen LogP contribution in [0.1, 0.15) is 0 Å². The van der Waals surface area contributed by atoms with Gasteiger partial charge in [0, 0.05) is 17.6 Å². The number of hydrogen-bond acceptors (Lipinski definition) is 1. The van der Waals surface area contributed by atoms with Crippen LogP contribution in [0.4, 0.5) is 8.78 Å². The molecule has 0 saturated heterocycles. The van der Waals surface area contributed by atoms with Crippen LogP contribution >= 0.6 is 27.5 Å². The Labute approximate surface area is 91.8 Å². The van der Waals surface area contributed by atoms with Crippen molar-refractivity contribution in [3.63, 3.8) is 0 Å². The molecule has 0 amide bonds. The Morgan fingerprint density at radius 2 is 1.93 bits per heavy atom. The normalized spacial score (nSPS) is 10.9. The number of hydrogen-bond donors (Lipinski definition) is 0. The number of fused-ring (bicyclic) bond motifs is 1. The first-order valence-corrected chi connectivity index (χ1v) is 4.85. The van der Waals surface area contributed by atoms with Crippen molar-refractivity contribution in [2.75, 3.05) is 0 Å². The molecule has 2 aromatic rings. The van der Waals surface area contributed by atoms with E-state index in [1.54, 1.807) is 0 Å². The van der Waals surface area contributed by atoms with Crippen molar-refractivity contribution in [2.24, 2.45) is 0 Å². The fourth-order valence-electron chi connectivity index (χ4n) is 1.16. The van der Waals surface area contributed by atoms with Gasteiger partial charge in [0.1, 0.15) is 11.6 Å². The maximum Gasteiger partial charge on any atom is 0.142 e. The molecule has 0 bridgehead atoms. The van der Waals surface area contributed by atoms with E-state index < -0.39 is 11.6 Å². The molecular formula is C9H3BrClF2N. The van der Waals surface area contributed by atoms with Crippen LogP contribution in [0.2, 0.25) is 5.02 Å². The Morgan fingerprint density at radius 1 is 1.21 bits per heavy atom. The van der Waals surface area contributed by atoms with E-state index in [-0.39, 0.29) is 15.4 Å². The summed E-state index contributed by atoms with van der Waals surface area (Å²) in [6.07, 6.45) is 1.34. The van der Waals surface area contributed by atoms with Crippen molar-refractivity contribution >= 4 is 38.4 Å². The van der Waals surface area contributed by atoms with Gasteiger partial charge < -0.3 is 0 Å². The van der Waals surface area contributed by atoms with Gasteiger partial charge in [0.05, 0.1) is 15.0 Å². The van der Waals surface area contributed by atoms with Crippen LogP contribution in [0.3, 0.4) is 0 Å². The molecule has 0 aliphatic rings. The van der Waals surface area contributed by atoms with Crippen LogP contribution in [0.15, 0.2) is 22.8 Å². The van der Waals surface area contributed by atoms with Gasteiger partial charge in [0.15, 0.2) is 0 Å². The lowest BCUT2D eigenvalue weighted by molar-refractivity contribution is 0.587. The molecule has 0 radical (unpaired) electrons. The van der Waals surface area contributed by atoms with Gasteiger partial charge in [0.2, 0.25) is 0 Å². The Balaban J connectivity index is 2.94. The van der Waals surface area contributed by atoms with E-state index in [9.17, 15) is 8.78 Å². The van der Waals surface area contributed by atoms with Crippen LogP contribution in [0, 0.1) is 11.6 Å². The van der Waals surface area contributed by atoms with Crippen molar-refractivity contribution in [1.82, 2.24) is 4.98 Å². The van der Waals surface area contributed by atoms with Crippen LogP contribution in [0.25, 0.3) is 10.9 Å². The third kappa shape index (κ3) is 1.48. The second kappa shape index (κ2) is 3.44. The van der Waals surface area contributed by atoms with Gasteiger partial charge in [-0.1, -0.05) is 11.6 Å². The molecule has 0 unspecified atom stereocenters. The van der Waals surface area contributed by atoms with Gasteiger partial charge in [-0.2, -0.15) is 0 Å². The Morgan fingerprint density at radius 3 is 2.64 bits per heavy atom. The molecule has 1 nitrogen and oxygen atoms in total. The molecule has 0 aliphatic heterocycles. The fourth-order valence-corrected chi connectivity index (χ4v) is 1.75. The van der Waals surface area contributed by atoms with E-state index in [0.29, 0.717) is 5.02 Å². The average molecular weight is 278 g/mol. The quantitative estimate of drug-likeness (QED) is 0.665.